The van der Waals surface area contributed by atoms with Gasteiger partial charge in [0.1, 0.15) is 11.6 Å². The monoisotopic (exact) mass is 334 g/mol. The van der Waals surface area contributed by atoms with Gasteiger partial charge in [-0.3, -0.25) is 0 Å². The molecule has 0 N–H and O–H groups in total. The molecule has 2 aromatic carbocycles. The maximum atomic E-state index is 12.6. The van der Waals surface area contributed by atoms with E-state index in [1.165, 1.54) is 24.3 Å². The molecule has 6 heteroatoms. The van der Waals surface area contributed by atoms with Gasteiger partial charge in [-0.15, -0.1) is 22.7 Å². The summed E-state index contributed by atoms with van der Waals surface area (Å²) in [6.45, 7) is 3.84. The van der Waals surface area contributed by atoms with E-state index in [1.807, 2.05) is 13.8 Å². The minimum atomic E-state index is -0.220. The SMILES string of the molecule is Cc1nc2cc(F)ccc2s1.Cc1nc2cc(F)ccc2s1. The average Bonchev–Trinajstić information content (AvgIpc) is 2.99. The lowest BCUT2D eigenvalue weighted by Crippen LogP contribution is -1.72. The molecule has 0 spiro atoms. The number of aromatic nitrogens is 2. The van der Waals surface area contributed by atoms with Gasteiger partial charge in [0.25, 0.3) is 0 Å². The van der Waals surface area contributed by atoms with Crippen LogP contribution in [-0.2, 0) is 0 Å². The van der Waals surface area contributed by atoms with Gasteiger partial charge in [0.15, 0.2) is 0 Å². The maximum Gasteiger partial charge on any atom is 0.125 e. The van der Waals surface area contributed by atoms with Crippen LogP contribution in [0.2, 0.25) is 0 Å². The van der Waals surface area contributed by atoms with E-state index in [-0.39, 0.29) is 11.6 Å². The van der Waals surface area contributed by atoms with Crippen molar-refractivity contribution in [1.29, 1.82) is 0 Å². The molecule has 2 nitrogen and oxygen atoms in total. The highest BCUT2D eigenvalue weighted by atomic mass is 32.1. The minimum Gasteiger partial charge on any atom is -0.241 e. The van der Waals surface area contributed by atoms with Crippen LogP contribution in [0.1, 0.15) is 10.0 Å². The first kappa shape index (κ1) is 15.0. The summed E-state index contributed by atoms with van der Waals surface area (Å²) >= 11 is 3.17. The topological polar surface area (TPSA) is 25.8 Å². The smallest absolute Gasteiger partial charge is 0.125 e. The van der Waals surface area contributed by atoms with Gasteiger partial charge in [0.05, 0.1) is 30.4 Å². The van der Waals surface area contributed by atoms with E-state index in [0.717, 1.165) is 30.4 Å². The van der Waals surface area contributed by atoms with Crippen LogP contribution in [0.15, 0.2) is 36.4 Å². The van der Waals surface area contributed by atoms with Crippen LogP contribution in [0.5, 0.6) is 0 Å². The number of hydrogen-bond acceptors (Lipinski definition) is 4. The summed E-state index contributed by atoms with van der Waals surface area (Å²) in [5.41, 5.74) is 1.51. The Kier molecular flexibility index (Phi) is 4.13. The van der Waals surface area contributed by atoms with Crippen LogP contribution in [0.3, 0.4) is 0 Å². The van der Waals surface area contributed by atoms with Gasteiger partial charge < -0.3 is 0 Å². The summed E-state index contributed by atoms with van der Waals surface area (Å²) in [5, 5.41) is 1.95. The van der Waals surface area contributed by atoms with Crippen molar-refractivity contribution in [2.45, 2.75) is 13.8 Å². The van der Waals surface area contributed by atoms with E-state index >= 15 is 0 Å². The molecule has 2 heterocycles. The van der Waals surface area contributed by atoms with Crippen LogP contribution >= 0.6 is 22.7 Å². The number of aryl methyl sites for hydroxylation is 2. The summed E-state index contributed by atoms with van der Waals surface area (Å²) in [6, 6.07) is 9.35. The predicted octanol–water partition coefficient (Wildman–Crippen LogP) is 5.49. The molecule has 0 saturated heterocycles. The van der Waals surface area contributed by atoms with E-state index in [9.17, 15) is 8.78 Å². The van der Waals surface area contributed by atoms with Crippen molar-refractivity contribution in [3.05, 3.63) is 58.0 Å². The maximum absolute atomic E-state index is 12.6. The summed E-state index contributed by atoms with van der Waals surface area (Å²) in [6.07, 6.45) is 0. The van der Waals surface area contributed by atoms with Crippen LogP contribution in [0.4, 0.5) is 8.78 Å². The van der Waals surface area contributed by atoms with Crippen molar-refractivity contribution >= 4 is 43.1 Å². The standard InChI is InChI=1S/2C8H6FNS/c2*1-5-10-7-4-6(9)2-3-8(7)11-5/h2*2-4H,1H3. The number of fused-ring (bicyclic) bond motifs is 2. The first-order chi connectivity index (χ1) is 10.5. The van der Waals surface area contributed by atoms with Crippen molar-refractivity contribution in [3.8, 4) is 0 Å². The van der Waals surface area contributed by atoms with Gasteiger partial charge in [-0.25, -0.2) is 18.7 Å². The van der Waals surface area contributed by atoms with E-state index in [0.29, 0.717) is 0 Å². The molecular formula is C16H12F2N2S2. The third-order valence-electron chi connectivity index (χ3n) is 2.91. The number of thiazole rings is 2. The normalized spacial score (nSPS) is 10.7. The second-order valence-corrected chi connectivity index (χ2v) is 7.16. The molecule has 0 saturated carbocycles. The lowest BCUT2D eigenvalue weighted by atomic mass is 10.3. The Morgan fingerprint density at radius 3 is 1.55 bits per heavy atom. The number of hydrogen-bond donors (Lipinski definition) is 0. The Morgan fingerprint density at radius 1 is 0.727 bits per heavy atom. The molecule has 0 unspecified atom stereocenters. The van der Waals surface area contributed by atoms with Crippen LogP contribution in [0.25, 0.3) is 20.4 Å². The van der Waals surface area contributed by atoms with Crippen LogP contribution in [-0.4, -0.2) is 9.97 Å². The first-order valence-electron chi connectivity index (χ1n) is 6.56. The molecule has 0 amide bonds. The largest absolute Gasteiger partial charge is 0.241 e. The van der Waals surface area contributed by atoms with E-state index < -0.39 is 0 Å². The fraction of sp³-hybridized carbons (Fsp3) is 0.125. The number of nitrogens with zero attached hydrogens (tertiary/aromatic N) is 2. The van der Waals surface area contributed by atoms with Crippen LogP contribution < -0.4 is 0 Å². The Bertz CT molecular complexity index is 866. The summed E-state index contributed by atoms with van der Waals surface area (Å²) in [5.74, 6) is -0.439. The van der Waals surface area contributed by atoms with Crippen molar-refractivity contribution in [2.24, 2.45) is 0 Å². The molecule has 112 valence electrons. The fourth-order valence-corrected chi connectivity index (χ4v) is 3.65. The zero-order valence-electron chi connectivity index (χ0n) is 11.9. The van der Waals surface area contributed by atoms with E-state index in [1.54, 1.807) is 34.8 Å². The molecule has 0 bridgehead atoms. The highest BCUT2D eigenvalue weighted by molar-refractivity contribution is 7.18. The molecule has 0 fully saturated rings. The second kappa shape index (κ2) is 6.06. The van der Waals surface area contributed by atoms with E-state index in [4.69, 9.17) is 0 Å². The van der Waals surface area contributed by atoms with Crippen molar-refractivity contribution < 1.29 is 8.78 Å². The third-order valence-corrected chi connectivity index (χ3v) is 4.82. The molecule has 0 aliphatic rings. The minimum absolute atomic E-state index is 0.220. The zero-order valence-corrected chi connectivity index (χ0v) is 13.6. The predicted molar refractivity (Wildman–Crippen MR) is 88.6 cm³/mol. The van der Waals surface area contributed by atoms with Gasteiger partial charge in [0, 0.05) is 12.1 Å². The molecule has 0 atom stereocenters. The molecule has 4 aromatic rings. The molecule has 2 aromatic heterocycles. The lowest BCUT2D eigenvalue weighted by molar-refractivity contribution is 0.629. The molecule has 4 rings (SSSR count). The quantitative estimate of drug-likeness (QED) is 0.425. The number of halogens is 2. The number of rotatable bonds is 0. The highest BCUT2D eigenvalue weighted by Gasteiger charge is 2.00. The third kappa shape index (κ3) is 3.28. The molecule has 0 radical (unpaired) electrons. The molecule has 22 heavy (non-hydrogen) atoms. The Morgan fingerprint density at radius 2 is 1.14 bits per heavy atom. The summed E-state index contributed by atoms with van der Waals surface area (Å²) < 4.78 is 27.3. The first-order valence-corrected chi connectivity index (χ1v) is 8.20. The molecule has 0 aliphatic heterocycles. The van der Waals surface area contributed by atoms with E-state index in [2.05, 4.69) is 9.97 Å². The van der Waals surface area contributed by atoms with Gasteiger partial charge in [-0.1, -0.05) is 0 Å². The summed E-state index contributed by atoms with van der Waals surface area (Å²) in [7, 11) is 0. The number of benzene rings is 2. The van der Waals surface area contributed by atoms with Crippen molar-refractivity contribution in [1.82, 2.24) is 9.97 Å². The van der Waals surface area contributed by atoms with Gasteiger partial charge in [-0.2, -0.15) is 0 Å². The Labute approximate surface area is 134 Å². The summed E-state index contributed by atoms with van der Waals surface area (Å²) in [4.78, 5) is 8.30. The molecular weight excluding hydrogens is 322 g/mol. The van der Waals surface area contributed by atoms with Crippen LogP contribution in [0, 0.1) is 25.5 Å². The highest BCUT2D eigenvalue weighted by Crippen LogP contribution is 2.22. The fourth-order valence-electron chi connectivity index (χ4n) is 2.03. The lowest BCUT2D eigenvalue weighted by Gasteiger charge is -1.85. The van der Waals surface area contributed by atoms with Crippen molar-refractivity contribution in [3.63, 3.8) is 0 Å². The van der Waals surface area contributed by atoms with Gasteiger partial charge in [-0.05, 0) is 38.1 Å². The molecule has 0 aliphatic carbocycles. The van der Waals surface area contributed by atoms with Crippen molar-refractivity contribution in [2.75, 3.05) is 0 Å². The Hall–Kier alpha value is -1.92. The van der Waals surface area contributed by atoms with Gasteiger partial charge in [0.2, 0.25) is 0 Å². The Balaban J connectivity index is 0.000000131. The second-order valence-electron chi connectivity index (χ2n) is 4.69. The average molecular weight is 334 g/mol. The van der Waals surface area contributed by atoms with Gasteiger partial charge >= 0.3 is 0 Å². The zero-order chi connectivity index (χ0) is 15.7.